The Kier molecular flexibility index (Phi) is 5.60. The number of rotatable bonds is 6. The average molecular weight is 316 g/mol. The first kappa shape index (κ1) is 15.9. The minimum atomic E-state index is -3.34. The predicted molar refractivity (Wildman–Crippen MR) is 83.6 cm³/mol. The van der Waals surface area contributed by atoms with Crippen LogP contribution in [0.2, 0.25) is 0 Å². The number of sulfonamides is 1. The molecule has 2 heterocycles. The van der Waals surface area contributed by atoms with Gasteiger partial charge in [-0.25, -0.2) is 13.1 Å². The summed E-state index contributed by atoms with van der Waals surface area (Å²) in [5.41, 5.74) is 0. The lowest BCUT2D eigenvalue weighted by molar-refractivity contribution is 0.130. The number of likely N-dealkylation sites (tertiary alicyclic amines) is 1. The summed E-state index contributed by atoms with van der Waals surface area (Å²) in [6.07, 6.45) is 3.74. The van der Waals surface area contributed by atoms with Gasteiger partial charge in [-0.05, 0) is 43.3 Å². The van der Waals surface area contributed by atoms with Crippen molar-refractivity contribution in [3.8, 4) is 0 Å². The van der Waals surface area contributed by atoms with E-state index in [1.165, 1.54) is 30.6 Å². The molecule has 1 aliphatic heterocycles. The quantitative estimate of drug-likeness (QED) is 0.877. The molecule has 6 heteroatoms. The number of hydrogen-bond donors (Lipinski definition) is 1. The van der Waals surface area contributed by atoms with Gasteiger partial charge in [-0.15, -0.1) is 11.3 Å². The molecule has 1 aromatic heterocycles. The first-order valence-electron chi connectivity index (χ1n) is 7.28. The van der Waals surface area contributed by atoms with E-state index in [1.807, 2.05) is 0 Å². The summed E-state index contributed by atoms with van der Waals surface area (Å²) in [6, 6.07) is 3.70. The van der Waals surface area contributed by atoms with Gasteiger partial charge in [0.25, 0.3) is 0 Å². The highest BCUT2D eigenvalue weighted by atomic mass is 32.2. The van der Waals surface area contributed by atoms with Crippen molar-refractivity contribution in [3.05, 3.63) is 17.5 Å². The van der Waals surface area contributed by atoms with Crippen LogP contribution >= 0.6 is 11.3 Å². The summed E-state index contributed by atoms with van der Waals surface area (Å²) < 4.78 is 27.6. The molecule has 0 saturated carbocycles. The van der Waals surface area contributed by atoms with Crippen LogP contribution in [0.4, 0.5) is 0 Å². The van der Waals surface area contributed by atoms with Gasteiger partial charge in [0.2, 0.25) is 10.0 Å². The molecule has 1 aliphatic rings. The van der Waals surface area contributed by atoms with Crippen LogP contribution in [0, 0.1) is 5.92 Å². The number of nitrogens with one attached hydrogen (secondary N) is 1. The van der Waals surface area contributed by atoms with E-state index >= 15 is 0 Å². The fraction of sp³-hybridized carbons (Fsp3) is 0.714. The Morgan fingerprint density at radius 2 is 2.00 bits per heavy atom. The molecule has 1 fully saturated rings. The summed E-state index contributed by atoms with van der Waals surface area (Å²) >= 11 is 1.26. The first-order valence-corrected chi connectivity index (χ1v) is 9.64. The van der Waals surface area contributed by atoms with Crippen LogP contribution in [0.5, 0.6) is 0 Å². The normalized spacial score (nSPS) is 19.4. The maximum atomic E-state index is 12.2. The van der Waals surface area contributed by atoms with E-state index in [-0.39, 0.29) is 6.04 Å². The molecule has 1 unspecified atom stereocenters. The number of nitrogens with zero attached hydrogens (tertiary/aromatic N) is 1. The summed E-state index contributed by atoms with van der Waals surface area (Å²) in [5.74, 6) is 0.444. The lowest BCUT2D eigenvalue weighted by atomic mass is 9.99. The van der Waals surface area contributed by atoms with Crippen molar-refractivity contribution >= 4 is 21.4 Å². The van der Waals surface area contributed by atoms with E-state index in [2.05, 4.69) is 23.5 Å². The Labute approximate surface area is 126 Å². The fourth-order valence-corrected chi connectivity index (χ4v) is 4.81. The minimum absolute atomic E-state index is 0.282. The van der Waals surface area contributed by atoms with Crippen molar-refractivity contribution in [1.82, 2.24) is 9.62 Å². The van der Waals surface area contributed by atoms with Crippen molar-refractivity contribution in [2.24, 2.45) is 5.92 Å². The molecule has 114 valence electrons. The largest absolute Gasteiger partial charge is 0.299 e. The Balaban J connectivity index is 1.98. The van der Waals surface area contributed by atoms with Gasteiger partial charge in [-0.2, -0.15) is 0 Å². The SMILES string of the molecule is CC(C)C(CNS(=O)(=O)c1cccs1)N1CCCCC1. The molecule has 1 aromatic rings. The van der Waals surface area contributed by atoms with Crippen LogP contribution < -0.4 is 4.72 Å². The minimum Gasteiger partial charge on any atom is -0.299 e. The Bertz CT molecular complexity index is 491. The van der Waals surface area contributed by atoms with Crippen molar-refractivity contribution in [2.75, 3.05) is 19.6 Å². The second-order valence-corrected chi connectivity index (χ2v) is 8.63. The standard InChI is InChI=1S/C14H24N2O2S2/c1-12(2)13(16-8-4-3-5-9-16)11-15-20(17,18)14-7-6-10-19-14/h6-7,10,12-13,15H,3-5,8-9,11H2,1-2H3. The second kappa shape index (κ2) is 7.02. The van der Waals surface area contributed by atoms with Crippen molar-refractivity contribution < 1.29 is 8.42 Å². The summed E-state index contributed by atoms with van der Waals surface area (Å²) in [7, 11) is -3.34. The zero-order valence-electron chi connectivity index (χ0n) is 12.2. The molecule has 4 nitrogen and oxygen atoms in total. The van der Waals surface area contributed by atoms with Crippen molar-refractivity contribution in [3.63, 3.8) is 0 Å². The molecular formula is C14H24N2O2S2. The van der Waals surface area contributed by atoms with Crippen molar-refractivity contribution in [1.29, 1.82) is 0 Å². The van der Waals surface area contributed by atoms with Gasteiger partial charge in [-0.1, -0.05) is 26.3 Å². The van der Waals surface area contributed by atoms with Crippen LogP contribution in [0.25, 0.3) is 0 Å². The third kappa shape index (κ3) is 4.04. The van der Waals surface area contributed by atoms with Crippen LogP contribution in [-0.4, -0.2) is 39.0 Å². The highest BCUT2D eigenvalue weighted by Crippen LogP contribution is 2.19. The maximum Gasteiger partial charge on any atom is 0.250 e. The Hall–Kier alpha value is -0.430. The van der Waals surface area contributed by atoms with Gasteiger partial charge in [0.1, 0.15) is 4.21 Å². The van der Waals surface area contributed by atoms with Crippen molar-refractivity contribution in [2.45, 2.75) is 43.4 Å². The van der Waals surface area contributed by atoms with Gasteiger partial charge < -0.3 is 0 Å². The molecule has 1 saturated heterocycles. The zero-order chi connectivity index (χ0) is 14.6. The van der Waals surface area contributed by atoms with E-state index in [1.54, 1.807) is 17.5 Å². The molecule has 2 rings (SSSR count). The second-order valence-electron chi connectivity index (χ2n) is 5.69. The summed E-state index contributed by atoms with van der Waals surface area (Å²) in [5, 5.41) is 1.79. The third-order valence-electron chi connectivity index (χ3n) is 3.87. The summed E-state index contributed by atoms with van der Waals surface area (Å²) in [6.45, 7) is 7.00. The van der Waals surface area contributed by atoms with Gasteiger partial charge >= 0.3 is 0 Å². The lowest BCUT2D eigenvalue weighted by Gasteiger charge is -2.37. The predicted octanol–water partition coefficient (Wildman–Crippen LogP) is 2.54. The van der Waals surface area contributed by atoms with E-state index < -0.39 is 10.0 Å². The topological polar surface area (TPSA) is 49.4 Å². The van der Waals surface area contributed by atoms with Gasteiger partial charge in [0.15, 0.2) is 0 Å². The summed E-state index contributed by atoms with van der Waals surface area (Å²) in [4.78, 5) is 2.44. The monoisotopic (exact) mass is 316 g/mol. The van der Waals surface area contributed by atoms with E-state index in [4.69, 9.17) is 0 Å². The zero-order valence-corrected chi connectivity index (χ0v) is 13.8. The van der Waals surface area contributed by atoms with E-state index in [0.717, 1.165) is 13.1 Å². The van der Waals surface area contributed by atoms with Gasteiger partial charge in [0.05, 0.1) is 0 Å². The molecule has 0 bridgehead atoms. The molecule has 0 aromatic carbocycles. The number of thiophene rings is 1. The van der Waals surface area contributed by atoms with Crippen LogP contribution in [0.15, 0.2) is 21.7 Å². The smallest absolute Gasteiger partial charge is 0.250 e. The van der Waals surface area contributed by atoms with Gasteiger partial charge in [-0.3, -0.25) is 4.90 Å². The number of hydrogen-bond acceptors (Lipinski definition) is 4. The van der Waals surface area contributed by atoms with Gasteiger partial charge in [0, 0.05) is 12.6 Å². The molecule has 20 heavy (non-hydrogen) atoms. The highest BCUT2D eigenvalue weighted by Gasteiger charge is 2.25. The molecule has 1 N–H and O–H groups in total. The lowest BCUT2D eigenvalue weighted by Crippen LogP contribution is -2.48. The highest BCUT2D eigenvalue weighted by molar-refractivity contribution is 7.91. The Morgan fingerprint density at radius 3 is 2.55 bits per heavy atom. The van der Waals surface area contributed by atoms with Crippen LogP contribution in [-0.2, 0) is 10.0 Å². The molecule has 0 spiro atoms. The average Bonchev–Trinajstić information content (AvgIpc) is 2.94. The van der Waals surface area contributed by atoms with E-state index in [9.17, 15) is 8.42 Å². The molecule has 1 atom stereocenters. The van der Waals surface area contributed by atoms with Crippen LogP contribution in [0.1, 0.15) is 33.1 Å². The molecule has 0 amide bonds. The first-order chi connectivity index (χ1) is 9.50. The maximum absolute atomic E-state index is 12.2. The molecule has 0 aliphatic carbocycles. The number of piperidine rings is 1. The van der Waals surface area contributed by atoms with Crippen LogP contribution in [0.3, 0.4) is 0 Å². The Morgan fingerprint density at radius 1 is 1.30 bits per heavy atom. The third-order valence-corrected chi connectivity index (χ3v) is 6.69. The molecular weight excluding hydrogens is 292 g/mol. The van der Waals surface area contributed by atoms with E-state index in [0.29, 0.717) is 16.7 Å². The fourth-order valence-electron chi connectivity index (χ4n) is 2.72. The molecule has 0 radical (unpaired) electrons.